The van der Waals surface area contributed by atoms with Gasteiger partial charge in [-0.05, 0) is 13.8 Å². The third kappa shape index (κ3) is 2.95. The number of amides is 1. The van der Waals surface area contributed by atoms with Crippen molar-refractivity contribution in [2.24, 2.45) is 5.41 Å². The summed E-state index contributed by atoms with van der Waals surface area (Å²) in [5, 5.41) is 2.90. The average molecular weight is 250 g/mol. The molecule has 0 unspecified atom stereocenters. The molecule has 0 aromatic heterocycles. The van der Waals surface area contributed by atoms with Crippen LogP contribution in [0.3, 0.4) is 0 Å². The van der Waals surface area contributed by atoms with Crippen LogP contribution >= 0.6 is 15.9 Å². The number of rotatable bonds is 3. The summed E-state index contributed by atoms with van der Waals surface area (Å²) in [6.45, 7) is 7.97. The van der Waals surface area contributed by atoms with Gasteiger partial charge in [-0.1, -0.05) is 22.9 Å². The highest BCUT2D eigenvalue weighted by molar-refractivity contribution is 9.10. The number of carbonyl (C=O) groups is 1. The van der Waals surface area contributed by atoms with Gasteiger partial charge in [0.25, 0.3) is 0 Å². The highest BCUT2D eigenvalue weighted by Crippen LogP contribution is 2.25. The first kappa shape index (κ1) is 11.0. The largest absolute Gasteiger partial charge is 0.380 e. The summed E-state index contributed by atoms with van der Waals surface area (Å²) < 4.78 is 4.61. The van der Waals surface area contributed by atoms with Gasteiger partial charge in [-0.15, -0.1) is 0 Å². The maximum absolute atomic E-state index is 11.5. The number of halogens is 1. The molecule has 1 N–H and O–H groups in total. The number of nitrogens with one attached hydrogen (secondary N) is 1. The maximum atomic E-state index is 11.5. The second kappa shape index (κ2) is 3.58. The van der Waals surface area contributed by atoms with E-state index >= 15 is 0 Å². The molecular formula is C9H16BrNO2. The summed E-state index contributed by atoms with van der Waals surface area (Å²) in [4.78, 5) is 11.5. The molecular weight excluding hydrogens is 234 g/mol. The van der Waals surface area contributed by atoms with Gasteiger partial charge in [-0.3, -0.25) is 4.79 Å². The summed E-state index contributed by atoms with van der Waals surface area (Å²) in [6, 6.07) is 0. The van der Waals surface area contributed by atoms with Crippen LogP contribution in [-0.4, -0.2) is 30.0 Å². The molecule has 13 heavy (non-hydrogen) atoms. The van der Waals surface area contributed by atoms with Crippen molar-refractivity contribution in [3.05, 3.63) is 0 Å². The molecule has 1 heterocycles. The maximum Gasteiger partial charge on any atom is 0.236 e. The van der Waals surface area contributed by atoms with E-state index in [4.69, 9.17) is 4.74 Å². The summed E-state index contributed by atoms with van der Waals surface area (Å²) in [5.74, 6) is 0.0284. The fourth-order valence-electron chi connectivity index (χ4n) is 1.06. The van der Waals surface area contributed by atoms with Crippen LogP contribution in [0.2, 0.25) is 0 Å². The zero-order valence-corrected chi connectivity index (χ0v) is 9.90. The summed E-state index contributed by atoms with van der Waals surface area (Å²) in [5.41, 5.74) is 0.147. The number of hydrogen-bond donors (Lipinski definition) is 1. The zero-order valence-electron chi connectivity index (χ0n) is 8.32. The highest BCUT2D eigenvalue weighted by atomic mass is 79.9. The fraction of sp³-hybridized carbons (Fsp3) is 0.889. The van der Waals surface area contributed by atoms with E-state index in [0.717, 1.165) is 13.2 Å². The molecule has 1 saturated heterocycles. The first-order valence-electron chi connectivity index (χ1n) is 4.38. The van der Waals surface area contributed by atoms with E-state index in [2.05, 4.69) is 28.2 Å². The predicted octanol–water partition coefficient (Wildman–Crippen LogP) is 1.31. The molecule has 1 rings (SSSR count). The van der Waals surface area contributed by atoms with Gasteiger partial charge in [0.2, 0.25) is 5.91 Å². The molecule has 3 nitrogen and oxygen atoms in total. The zero-order chi connectivity index (χ0) is 10.1. The van der Waals surface area contributed by atoms with Crippen LogP contribution in [-0.2, 0) is 9.53 Å². The van der Waals surface area contributed by atoms with E-state index in [0.29, 0.717) is 6.54 Å². The Hall–Kier alpha value is -0.0900. The summed E-state index contributed by atoms with van der Waals surface area (Å²) in [6.07, 6.45) is 0. The fourth-order valence-corrected chi connectivity index (χ4v) is 1.20. The van der Waals surface area contributed by atoms with E-state index in [-0.39, 0.29) is 11.3 Å². The van der Waals surface area contributed by atoms with Crippen LogP contribution in [0.25, 0.3) is 0 Å². The molecule has 0 atom stereocenters. The minimum atomic E-state index is -0.478. The van der Waals surface area contributed by atoms with Gasteiger partial charge in [0.1, 0.15) is 0 Å². The highest BCUT2D eigenvalue weighted by Gasteiger charge is 2.35. The van der Waals surface area contributed by atoms with Gasteiger partial charge < -0.3 is 10.1 Å². The predicted molar refractivity (Wildman–Crippen MR) is 54.9 cm³/mol. The van der Waals surface area contributed by atoms with Gasteiger partial charge in [-0.25, -0.2) is 0 Å². The van der Waals surface area contributed by atoms with Gasteiger partial charge >= 0.3 is 0 Å². The van der Waals surface area contributed by atoms with Crippen LogP contribution in [0.1, 0.15) is 20.8 Å². The van der Waals surface area contributed by atoms with Crippen molar-refractivity contribution in [2.45, 2.75) is 25.1 Å². The van der Waals surface area contributed by atoms with Crippen molar-refractivity contribution in [3.63, 3.8) is 0 Å². The lowest BCUT2D eigenvalue weighted by molar-refractivity contribution is -0.128. The van der Waals surface area contributed by atoms with E-state index in [1.54, 1.807) is 0 Å². The summed E-state index contributed by atoms with van der Waals surface area (Å²) in [7, 11) is 0. The lowest BCUT2D eigenvalue weighted by Crippen LogP contribution is -2.51. The Labute approximate surface area is 87.3 Å². The van der Waals surface area contributed by atoms with Crippen LogP contribution in [0.4, 0.5) is 0 Å². The smallest absolute Gasteiger partial charge is 0.236 e. The van der Waals surface area contributed by atoms with Crippen molar-refractivity contribution >= 4 is 21.8 Å². The van der Waals surface area contributed by atoms with Gasteiger partial charge in [-0.2, -0.15) is 0 Å². The van der Waals surface area contributed by atoms with E-state index in [1.807, 2.05) is 13.8 Å². The minimum absolute atomic E-state index is 0.0284. The first-order chi connectivity index (χ1) is 5.83. The molecule has 76 valence electrons. The number of hydrogen-bond acceptors (Lipinski definition) is 2. The Morgan fingerprint density at radius 3 is 2.46 bits per heavy atom. The Balaban J connectivity index is 2.30. The molecule has 1 aliphatic heterocycles. The van der Waals surface area contributed by atoms with Gasteiger partial charge in [0, 0.05) is 12.0 Å². The molecule has 1 fully saturated rings. The van der Waals surface area contributed by atoms with Crippen molar-refractivity contribution < 1.29 is 9.53 Å². The summed E-state index contributed by atoms with van der Waals surface area (Å²) >= 11 is 3.31. The Kier molecular flexibility index (Phi) is 3.02. The van der Waals surface area contributed by atoms with Crippen molar-refractivity contribution in [2.75, 3.05) is 19.8 Å². The third-order valence-electron chi connectivity index (χ3n) is 2.12. The second-order valence-electron chi connectivity index (χ2n) is 4.46. The molecule has 1 amide bonds. The molecule has 0 spiro atoms. The van der Waals surface area contributed by atoms with Crippen LogP contribution in [0, 0.1) is 5.41 Å². The van der Waals surface area contributed by atoms with Crippen LogP contribution in [0.15, 0.2) is 0 Å². The van der Waals surface area contributed by atoms with Crippen LogP contribution in [0.5, 0.6) is 0 Å². The Morgan fingerprint density at radius 2 is 2.15 bits per heavy atom. The number of ether oxygens (including phenoxy) is 1. The first-order valence-corrected chi connectivity index (χ1v) is 5.18. The third-order valence-corrected chi connectivity index (χ3v) is 2.48. The van der Waals surface area contributed by atoms with E-state index in [9.17, 15) is 4.79 Å². The monoisotopic (exact) mass is 249 g/mol. The van der Waals surface area contributed by atoms with Gasteiger partial charge in [0.05, 0.1) is 17.5 Å². The molecule has 0 aromatic carbocycles. The molecule has 0 radical (unpaired) electrons. The molecule has 0 bridgehead atoms. The molecule has 0 aromatic rings. The average Bonchev–Trinajstić information content (AvgIpc) is 1.94. The van der Waals surface area contributed by atoms with Crippen molar-refractivity contribution in [3.8, 4) is 0 Å². The van der Waals surface area contributed by atoms with Crippen LogP contribution < -0.4 is 5.32 Å². The molecule has 0 aliphatic carbocycles. The van der Waals surface area contributed by atoms with Crippen molar-refractivity contribution in [1.29, 1.82) is 0 Å². The topological polar surface area (TPSA) is 38.3 Å². The normalized spacial score (nSPS) is 20.6. The lowest BCUT2D eigenvalue weighted by Gasteiger charge is -2.38. The number of alkyl halides is 1. The van der Waals surface area contributed by atoms with E-state index in [1.165, 1.54) is 0 Å². The molecule has 0 saturated carbocycles. The second-order valence-corrected chi connectivity index (χ2v) is 6.44. The van der Waals surface area contributed by atoms with Crippen molar-refractivity contribution in [1.82, 2.24) is 5.32 Å². The van der Waals surface area contributed by atoms with E-state index < -0.39 is 4.32 Å². The SMILES string of the molecule is CC1(CNC(=O)C(C)(C)Br)COC1. The van der Waals surface area contributed by atoms with Gasteiger partial charge in [0.15, 0.2) is 0 Å². The number of carbonyl (C=O) groups excluding carboxylic acids is 1. The quantitative estimate of drug-likeness (QED) is 0.767. The standard InChI is InChI=1S/C9H16BrNO2/c1-8(2,10)7(12)11-4-9(3)5-13-6-9/h4-6H2,1-3H3,(H,11,12). The minimum Gasteiger partial charge on any atom is -0.380 e. The Morgan fingerprint density at radius 1 is 1.62 bits per heavy atom. The lowest BCUT2D eigenvalue weighted by atomic mass is 9.88. The molecule has 4 heteroatoms. The Bertz CT molecular complexity index is 206. The molecule has 1 aliphatic rings.